The van der Waals surface area contributed by atoms with E-state index in [1.54, 1.807) is 12.5 Å². The first-order valence-electron chi connectivity index (χ1n) is 4.14. The number of nitrogens with two attached hydrogens (primary N) is 1. The molecule has 2 aliphatic heterocycles. The van der Waals surface area contributed by atoms with E-state index >= 15 is 0 Å². The van der Waals surface area contributed by atoms with Gasteiger partial charge in [-0.3, -0.25) is 5.01 Å². The molecule has 4 heteroatoms. The third-order valence-electron chi connectivity index (χ3n) is 2.11. The molecule has 0 aromatic heterocycles. The molecule has 2 heterocycles. The maximum Gasteiger partial charge on any atom is 0.108 e. The summed E-state index contributed by atoms with van der Waals surface area (Å²) < 4.78 is 4.93. The highest BCUT2D eigenvalue weighted by Crippen LogP contribution is 2.13. The van der Waals surface area contributed by atoms with E-state index in [0.29, 0.717) is 6.04 Å². The van der Waals surface area contributed by atoms with Gasteiger partial charge in [-0.25, -0.2) is 5.01 Å². The third-order valence-corrected chi connectivity index (χ3v) is 2.11. The van der Waals surface area contributed by atoms with Crippen molar-refractivity contribution in [3.8, 4) is 0 Å². The van der Waals surface area contributed by atoms with Gasteiger partial charge in [0, 0.05) is 19.1 Å². The summed E-state index contributed by atoms with van der Waals surface area (Å²) in [6.07, 6.45) is 8.16. The van der Waals surface area contributed by atoms with Gasteiger partial charge in [-0.1, -0.05) is 0 Å². The van der Waals surface area contributed by atoms with Crippen molar-refractivity contribution in [1.82, 2.24) is 10.0 Å². The molecule has 2 aliphatic rings. The van der Waals surface area contributed by atoms with Gasteiger partial charge in [0.2, 0.25) is 0 Å². The minimum atomic E-state index is 0.314. The van der Waals surface area contributed by atoms with Gasteiger partial charge in [0.15, 0.2) is 0 Å². The van der Waals surface area contributed by atoms with Crippen molar-refractivity contribution in [2.24, 2.45) is 5.73 Å². The molecule has 0 amide bonds. The Morgan fingerprint density at radius 3 is 2.67 bits per heavy atom. The zero-order valence-corrected chi connectivity index (χ0v) is 6.89. The molecule has 12 heavy (non-hydrogen) atoms. The van der Waals surface area contributed by atoms with Crippen molar-refractivity contribution in [3.05, 3.63) is 24.9 Å². The van der Waals surface area contributed by atoms with E-state index in [1.165, 1.54) is 0 Å². The van der Waals surface area contributed by atoms with E-state index in [1.807, 2.05) is 17.4 Å². The van der Waals surface area contributed by atoms with E-state index in [0.717, 1.165) is 19.5 Å². The SMILES string of the molecule is NC1CCN(N2C=COC=C2)C1. The Morgan fingerprint density at radius 2 is 2.08 bits per heavy atom. The number of hydrazine groups is 1. The largest absolute Gasteiger partial charge is 0.469 e. The van der Waals surface area contributed by atoms with Crippen LogP contribution in [0.4, 0.5) is 0 Å². The molecule has 0 aromatic carbocycles. The van der Waals surface area contributed by atoms with Gasteiger partial charge in [0.1, 0.15) is 12.5 Å². The van der Waals surface area contributed by atoms with Crippen molar-refractivity contribution in [3.63, 3.8) is 0 Å². The van der Waals surface area contributed by atoms with Gasteiger partial charge in [0.05, 0.1) is 12.4 Å². The second-order valence-corrected chi connectivity index (χ2v) is 3.05. The minimum absolute atomic E-state index is 0.314. The molecule has 0 saturated carbocycles. The van der Waals surface area contributed by atoms with Gasteiger partial charge in [-0.15, -0.1) is 0 Å². The summed E-state index contributed by atoms with van der Waals surface area (Å²) in [5.41, 5.74) is 5.78. The Balaban J connectivity index is 1.95. The predicted octanol–water partition coefficient (Wildman–Crippen LogP) is 0.209. The maximum absolute atomic E-state index is 5.78. The first-order valence-corrected chi connectivity index (χ1v) is 4.14. The molecule has 1 saturated heterocycles. The number of nitrogens with zero attached hydrogens (tertiary/aromatic N) is 2. The van der Waals surface area contributed by atoms with Gasteiger partial charge >= 0.3 is 0 Å². The smallest absolute Gasteiger partial charge is 0.108 e. The zero-order chi connectivity index (χ0) is 8.39. The van der Waals surface area contributed by atoms with Gasteiger partial charge in [-0.2, -0.15) is 0 Å². The van der Waals surface area contributed by atoms with Crippen LogP contribution in [0.1, 0.15) is 6.42 Å². The normalized spacial score (nSPS) is 29.4. The Morgan fingerprint density at radius 1 is 1.33 bits per heavy atom. The average Bonchev–Trinajstić information content (AvgIpc) is 2.54. The standard InChI is InChI=1S/C8H13N3O/c9-8-1-2-11(7-8)10-3-5-12-6-4-10/h3-6,8H,1-2,7,9H2. The summed E-state index contributed by atoms with van der Waals surface area (Å²) in [7, 11) is 0. The van der Waals surface area contributed by atoms with Crippen molar-refractivity contribution in [2.75, 3.05) is 13.1 Å². The fourth-order valence-electron chi connectivity index (χ4n) is 1.46. The molecular weight excluding hydrogens is 154 g/mol. The number of ether oxygens (including phenoxy) is 1. The molecule has 0 spiro atoms. The lowest BCUT2D eigenvalue weighted by Gasteiger charge is -2.27. The monoisotopic (exact) mass is 167 g/mol. The number of hydrogen-bond acceptors (Lipinski definition) is 4. The highest BCUT2D eigenvalue weighted by Gasteiger charge is 2.22. The van der Waals surface area contributed by atoms with Crippen LogP contribution in [0.3, 0.4) is 0 Å². The van der Waals surface area contributed by atoms with Crippen LogP contribution in [0, 0.1) is 0 Å². The van der Waals surface area contributed by atoms with Crippen LogP contribution in [0.25, 0.3) is 0 Å². The van der Waals surface area contributed by atoms with Crippen LogP contribution in [0.2, 0.25) is 0 Å². The van der Waals surface area contributed by atoms with Crippen LogP contribution in [-0.4, -0.2) is 29.1 Å². The summed E-state index contributed by atoms with van der Waals surface area (Å²) in [6.45, 7) is 1.95. The van der Waals surface area contributed by atoms with Crippen LogP contribution in [-0.2, 0) is 4.74 Å². The van der Waals surface area contributed by atoms with Gasteiger partial charge < -0.3 is 10.5 Å². The van der Waals surface area contributed by atoms with Gasteiger partial charge in [0.25, 0.3) is 0 Å². The van der Waals surface area contributed by atoms with Crippen molar-refractivity contribution >= 4 is 0 Å². The summed E-state index contributed by atoms with van der Waals surface area (Å²) >= 11 is 0. The predicted molar refractivity (Wildman–Crippen MR) is 45.4 cm³/mol. The maximum atomic E-state index is 5.78. The molecule has 0 aliphatic carbocycles. The highest BCUT2D eigenvalue weighted by molar-refractivity contribution is 4.92. The molecule has 66 valence electrons. The van der Waals surface area contributed by atoms with Crippen molar-refractivity contribution in [2.45, 2.75) is 12.5 Å². The molecule has 2 rings (SSSR count). The second kappa shape index (κ2) is 3.16. The zero-order valence-electron chi connectivity index (χ0n) is 6.89. The molecule has 4 nitrogen and oxygen atoms in total. The summed E-state index contributed by atoms with van der Waals surface area (Å²) in [5, 5.41) is 4.20. The van der Waals surface area contributed by atoms with Crippen LogP contribution in [0.5, 0.6) is 0 Å². The minimum Gasteiger partial charge on any atom is -0.469 e. The lowest BCUT2D eigenvalue weighted by atomic mass is 10.3. The van der Waals surface area contributed by atoms with Crippen LogP contribution < -0.4 is 5.73 Å². The lowest BCUT2D eigenvalue weighted by molar-refractivity contribution is 0.0869. The first kappa shape index (κ1) is 7.64. The number of hydrogen-bond donors (Lipinski definition) is 1. The fourth-order valence-corrected chi connectivity index (χ4v) is 1.46. The Bertz CT molecular complexity index is 202. The average molecular weight is 167 g/mol. The van der Waals surface area contributed by atoms with E-state index in [-0.39, 0.29) is 0 Å². The van der Waals surface area contributed by atoms with E-state index in [2.05, 4.69) is 5.01 Å². The molecule has 1 atom stereocenters. The van der Waals surface area contributed by atoms with Crippen LogP contribution in [0.15, 0.2) is 24.9 Å². The van der Waals surface area contributed by atoms with E-state index in [4.69, 9.17) is 10.5 Å². The quantitative estimate of drug-likeness (QED) is 0.606. The van der Waals surface area contributed by atoms with Crippen molar-refractivity contribution < 1.29 is 4.74 Å². The molecule has 1 fully saturated rings. The summed E-state index contributed by atoms with van der Waals surface area (Å²) in [6, 6.07) is 0.314. The Labute approximate surface area is 71.8 Å². The molecule has 0 bridgehead atoms. The first-order chi connectivity index (χ1) is 5.86. The van der Waals surface area contributed by atoms with Crippen LogP contribution >= 0.6 is 0 Å². The van der Waals surface area contributed by atoms with Crippen molar-refractivity contribution in [1.29, 1.82) is 0 Å². The Kier molecular flexibility index (Phi) is 2.01. The fraction of sp³-hybridized carbons (Fsp3) is 0.500. The number of rotatable bonds is 1. The molecule has 1 unspecified atom stereocenters. The van der Waals surface area contributed by atoms with Gasteiger partial charge in [-0.05, 0) is 6.42 Å². The van der Waals surface area contributed by atoms with E-state index < -0.39 is 0 Å². The Hall–Kier alpha value is -1.00. The molecule has 0 aromatic rings. The van der Waals surface area contributed by atoms with E-state index in [9.17, 15) is 0 Å². The highest BCUT2D eigenvalue weighted by atomic mass is 16.5. The molecular formula is C8H13N3O. The summed E-state index contributed by atoms with van der Waals surface area (Å²) in [4.78, 5) is 0. The third kappa shape index (κ3) is 1.44. The molecule has 2 N–H and O–H groups in total. The molecule has 0 radical (unpaired) electrons. The lowest BCUT2D eigenvalue weighted by Crippen LogP contribution is -2.36. The topological polar surface area (TPSA) is 41.7 Å². The summed E-state index contributed by atoms with van der Waals surface area (Å²) in [5.74, 6) is 0. The second-order valence-electron chi connectivity index (χ2n) is 3.05.